The highest BCUT2D eigenvalue weighted by Crippen LogP contribution is 2.28. The zero-order valence-corrected chi connectivity index (χ0v) is 15.8. The molecule has 0 aliphatic heterocycles. The SMILES string of the molecule is COc1ccc(CNC(=O)Cn2c(-c3ccccc3)cc3ccccc32)cc1. The quantitative estimate of drug-likeness (QED) is 0.538. The summed E-state index contributed by atoms with van der Waals surface area (Å²) in [5, 5.41) is 4.15. The number of aromatic nitrogens is 1. The number of fused-ring (bicyclic) bond motifs is 1. The Labute approximate surface area is 164 Å². The van der Waals surface area contributed by atoms with Crippen molar-refractivity contribution in [2.24, 2.45) is 0 Å². The van der Waals surface area contributed by atoms with Crippen molar-refractivity contribution in [3.63, 3.8) is 0 Å². The molecule has 0 bridgehead atoms. The average molecular weight is 370 g/mol. The number of ether oxygens (including phenoxy) is 1. The lowest BCUT2D eigenvalue weighted by molar-refractivity contribution is -0.121. The van der Waals surface area contributed by atoms with Gasteiger partial charge in [-0.1, -0.05) is 60.7 Å². The van der Waals surface area contributed by atoms with E-state index in [0.29, 0.717) is 6.54 Å². The molecule has 3 aromatic carbocycles. The van der Waals surface area contributed by atoms with Gasteiger partial charge in [-0.3, -0.25) is 4.79 Å². The van der Waals surface area contributed by atoms with Crippen LogP contribution in [0.3, 0.4) is 0 Å². The minimum atomic E-state index is -0.0191. The van der Waals surface area contributed by atoms with E-state index >= 15 is 0 Å². The first-order valence-electron chi connectivity index (χ1n) is 9.28. The van der Waals surface area contributed by atoms with E-state index in [0.717, 1.165) is 33.5 Å². The van der Waals surface area contributed by atoms with Crippen LogP contribution in [-0.2, 0) is 17.9 Å². The van der Waals surface area contributed by atoms with Crippen LogP contribution in [0.25, 0.3) is 22.2 Å². The topological polar surface area (TPSA) is 43.3 Å². The Hall–Kier alpha value is -3.53. The van der Waals surface area contributed by atoms with E-state index in [4.69, 9.17) is 4.74 Å². The van der Waals surface area contributed by atoms with Crippen molar-refractivity contribution in [1.29, 1.82) is 0 Å². The van der Waals surface area contributed by atoms with Crippen molar-refractivity contribution in [1.82, 2.24) is 9.88 Å². The molecular formula is C24H22N2O2. The van der Waals surface area contributed by atoms with Crippen LogP contribution in [0.2, 0.25) is 0 Å². The smallest absolute Gasteiger partial charge is 0.240 e. The number of carbonyl (C=O) groups excluding carboxylic acids is 1. The van der Waals surface area contributed by atoms with Gasteiger partial charge in [0.25, 0.3) is 0 Å². The molecule has 4 nitrogen and oxygen atoms in total. The van der Waals surface area contributed by atoms with E-state index in [1.165, 1.54) is 0 Å². The lowest BCUT2D eigenvalue weighted by atomic mass is 10.1. The molecule has 0 fully saturated rings. The van der Waals surface area contributed by atoms with Crippen molar-refractivity contribution < 1.29 is 9.53 Å². The predicted octanol–water partition coefficient (Wildman–Crippen LogP) is 4.63. The number of nitrogens with zero attached hydrogens (tertiary/aromatic N) is 1. The second-order valence-corrected chi connectivity index (χ2v) is 6.67. The number of amides is 1. The van der Waals surface area contributed by atoms with Gasteiger partial charge < -0.3 is 14.6 Å². The lowest BCUT2D eigenvalue weighted by Crippen LogP contribution is -2.27. The Bertz CT molecular complexity index is 1080. The average Bonchev–Trinajstić information content (AvgIpc) is 3.12. The molecule has 0 aliphatic rings. The second kappa shape index (κ2) is 8.01. The zero-order chi connectivity index (χ0) is 19.3. The van der Waals surface area contributed by atoms with Crippen LogP contribution < -0.4 is 10.1 Å². The minimum absolute atomic E-state index is 0.0191. The minimum Gasteiger partial charge on any atom is -0.497 e. The van der Waals surface area contributed by atoms with Gasteiger partial charge in [0.2, 0.25) is 5.91 Å². The molecule has 0 radical (unpaired) electrons. The first-order valence-corrected chi connectivity index (χ1v) is 9.28. The van der Waals surface area contributed by atoms with E-state index < -0.39 is 0 Å². The number of nitrogens with one attached hydrogen (secondary N) is 1. The standard InChI is InChI=1S/C24H22N2O2/c1-28-21-13-11-18(12-14-21)16-25-24(27)17-26-22-10-6-5-9-20(22)15-23(26)19-7-3-2-4-8-19/h2-15H,16-17H2,1H3,(H,25,27). The van der Waals surface area contributed by atoms with Gasteiger partial charge in [-0.2, -0.15) is 0 Å². The van der Waals surface area contributed by atoms with E-state index in [9.17, 15) is 4.79 Å². The summed E-state index contributed by atoms with van der Waals surface area (Å²) in [5.74, 6) is 0.788. The Kier molecular flexibility index (Phi) is 5.11. The molecule has 28 heavy (non-hydrogen) atoms. The van der Waals surface area contributed by atoms with E-state index in [2.05, 4.69) is 40.2 Å². The highest BCUT2D eigenvalue weighted by Gasteiger charge is 2.13. The van der Waals surface area contributed by atoms with Crippen LogP contribution in [0.4, 0.5) is 0 Å². The summed E-state index contributed by atoms with van der Waals surface area (Å²) in [6, 6.07) is 28.2. The molecule has 140 valence electrons. The molecule has 1 heterocycles. The van der Waals surface area contributed by atoms with E-state index in [-0.39, 0.29) is 12.5 Å². The summed E-state index contributed by atoms with van der Waals surface area (Å²) in [7, 11) is 1.64. The Morgan fingerprint density at radius 3 is 2.39 bits per heavy atom. The van der Waals surface area contributed by atoms with Gasteiger partial charge in [0.15, 0.2) is 0 Å². The number of hydrogen-bond donors (Lipinski definition) is 1. The number of rotatable bonds is 6. The van der Waals surface area contributed by atoms with Crippen molar-refractivity contribution in [3.05, 3.63) is 90.5 Å². The van der Waals surface area contributed by atoms with Gasteiger partial charge in [-0.25, -0.2) is 0 Å². The molecule has 0 saturated carbocycles. The number of methoxy groups -OCH3 is 1. The normalized spacial score (nSPS) is 10.8. The third kappa shape index (κ3) is 3.76. The maximum atomic E-state index is 12.7. The summed E-state index contributed by atoms with van der Waals surface area (Å²) >= 11 is 0. The van der Waals surface area contributed by atoms with Gasteiger partial charge in [0.05, 0.1) is 7.11 Å². The lowest BCUT2D eigenvalue weighted by Gasteiger charge is -2.12. The number of carbonyl (C=O) groups is 1. The molecule has 0 aliphatic carbocycles. The first kappa shape index (κ1) is 17.9. The maximum absolute atomic E-state index is 12.7. The highest BCUT2D eigenvalue weighted by atomic mass is 16.5. The van der Waals surface area contributed by atoms with Gasteiger partial charge in [-0.15, -0.1) is 0 Å². The maximum Gasteiger partial charge on any atom is 0.240 e. The van der Waals surface area contributed by atoms with Crippen LogP contribution in [0.5, 0.6) is 5.75 Å². The van der Waals surface area contributed by atoms with Crippen molar-refractivity contribution in [2.45, 2.75) is 13.1 Å². The summed E-state index contributed by atoms with van der Waals surface area (Å²) < 4.78 is 7.25. The summed E-state index contributed by atoms with van der Waals surface area (Å²) in [6.45, 7) is 0.761. The largest absolute Gasteiger partial charge is 0.497 e. The Morgan fingerprint density at radius 1 is 0.929 bits per heavy atom. The monoisotopic (exact) mass is 370 g/mol. The Morgan fingerprint density at radius 2 is 1.64 bits per heavy atom. The molecular weight excluding hydrogens is 348 g/mol. The molecule has 4 heteroatoms. The third-order valence-electron chi connectivity index (χ3n) is 4.83. The van der Waals surface area contributed by atoms with Gasteiger partial charge in [-0.05, 0) is 35.4 Å². The highest BCUT2D eigenvalue weighted by molar-refractivity contribution is 5.89. The predicted molar refractivity (Wildman–Crippen MR) is 112 cm³/mol. The van der Waals surface area contributed by atoms with Crippen LogP contribution in [-0.4, -0.2) is 17.6 Å². The number of hydrogen-bond acceptors (Lipinski definition) is 2. The molecule has 1 amide bonds. The van der Waals surface area contributed by atoms with Crippen molar-refractivity contribution >= 4 is 16.8 Å². The second-order valence-electron chi connectivity index (χ2n) is 6.67. The molecule has 1 N–H and O–H groups in total. The third-order valence-corrected chi connectivity index (χ3v) is 4.83. The van der Waals surface area contributed by atoms with Crippen LogP contribution >= 0.6 is 0 Å². The number of para-hydroxylation sites is 1. The van der Waals surface area contributed by atoms with Crippen LogP contribution in [0.1, 0.15) is 5.56 Å². The van der Waals surface area contributed by atoms with Gasteiger partial charge in [0, 0.05) is 23.1 Å². The van der Waals surface area contributed by atoms with Crippen LogP contribution in [0.15, 0.2) is 84.9 Å². The molecule has 0 spiro atoms. The van der Waals surface area contributed by atoms with Crippen molar-refractivity contribution in [2.75, 3.05) is 7.11 Å². The van der Waals surface area contributed by atoms with Crippen LogP contribution in [0, 0.1) is 0 Å². The van der Waals surface area contributed by atoms with Gasteiger partial charge >= 0.3 is 0 Å². The fourth-order valence-corrected chi connectivity index (χ4v) is 3.37. The fraction of sp³-hybridized carbons (Fsp3) is 0.125. The summed E-state index contributed by atoms with van der Waals surface area (Å²) in [6.07, 6.45) is 0. The molecule has 0 saturated heterocycles. The summed E-state index contributed by atoms with van der Waals surface area (Å²) in [4.78, 5) is 12.7. The van der Waals surface area contributed by atoms with Gasteiger partial charge in [0.1, 0.15) is 12.3 Å². The zero-order valence-electron chi connectivity index (χ0n) is 15.8. The molecule has 4 rings (SSSR count). The van der Waals surface area contributed by atoms with Crippen molar-refractivity contribution in [3.8, 4) is 17.0 Å². The summed E-state index contributed by atoms with van der Waals surface area (Å²) in [5.41, 5.74) is 4.23. The molecule has 0 unspecified atom stereocenters. The number of benzene rings is 3. The Balaban J connectivity index is 1.55. The molecule has 4 aromatic rings. The molecule has 1 aromatic heterocycles. The van der Waals surface area contributed by atoms with E-state index in [1.54, 1.807) is 7.11 Å². The molecule has 0 atom stereocenters. The first-order chi connectivity index (χ1) is 13.7. The van der Waals surface area contributed by atoms with E-state index in [1.807, 2.05) is 54.6 Å². The fourth-order valence-electron chi connectivity index (χ4n) is 3.37.